The Balaban J connectivity index is 2.77. The number of aryl methyl sites for hydroxylation is 2. The minimum absolute atomic E-state index is 0.0325. The van der Waals surface area contributed by atoms with Gasteiger partial charge in [0.2, 0.25) is 0 Å². The van der Waals surface area contributed by atoms with E-state index in [0.717, 1.165) is 28.0 Å². The van der Waals surface area contributed by atoms with Crippen molar-refractivity contribution in [1.29, 1.82) is 0 Å². The number of pyridine rings is 1. The number of hydrogen-bond donors (Lipinski definition) is 1. The summed E-state index contributed by atoms with van der Waals surface area (Å²) >= 11 is 0. The summed E-state index contributed by atoms with van der Waals surface area (Å²) < 4.78 is 1.79. The van der Waals surface area contributed by atoms with E-state index in [2.05, 4.69) is 23.9 Å². The highest BCUT2D eigenvalue weighted by Gasteiger charge is 2.13. The van der Waals surface area contributed by atoms with E-state index in [0.29, 0.717) is 5.92 Å². The van der Waals surface area contributed by atoms with Crippen LogP contribution in [0.4, 0.5) is 0 Å². The van der Waals surface area contributed by atoms with Gasteiger partial charge < -0.3 is 5.11 Å². The lowest BCUT2D eigenvalue weighted by atomic mass is 10.0. The third-order valence-corrected chi connectivity index (χ3v) is 2.83. The van der Waals surface area contributed by atoms with E-state index in [-0.39, 0.29) is 6.61 Å². The van der Waals surface area contributed by atoms with Gasteiger partial charge in [0, 0.05) is 18.0 Å². The standard InChI is InChI=1S/C12H17N3O/c1-7(2)11-9(6-16)5-10-8(3)14-15(4)12(10)13-11/h5,7,16H,6H2,1-4H3. The molecule has 4 heteroatoms. The molecule has 2 aromatic heterocycles. The van der Waals surface area contributed by atoms with Crippen LogP contribution in [0, 0.1) is 6.92 Å². The molecule has 16 heavy (non-hydrogen) atoms. The monoisotopic (exact) mass is 219 g/mol. The van der Waals surface area contributed by atoms with E-state index < -0.39 is 0 Å². The summed E-state index contributed by atoms with van der Waals surface area (Å²) in [6.07, 6.45) is 0. The molecule has 0 fully saturated rings. The van der Waals surface area contributed by atoms with Gasteiger partial charge in [0.05, 0.1) is 18.0 Å². The molecule has 2 rings (SSSR count). The van der Waals surface area contributed by atoms with Crippen LogP contribution >= 0.6 is 0 Å². The first-order valence-electron chi connectivity index (χ1n) is 5.48. The third-order valence-electron chi connectivity index (χ3n) is 2.83. The summed E-state index contributed by atoms with van der Waals surface area (Å²) in [7, 11) is 1.89. The molecular formula is C12H17N3O. The van der Waals surface area contributed by atoms with Crippen molar-refractivity contribution in [2.45, 2.75) is 33.3 Å². The lowest BCUT2D eigenvalue weighted by molar-refractivity contribution is 0.279. The van der Waals surface area contributed by atoms with Crippen molar-refractivity contribution in [2.75, 3.05) is 0 Å². The van der Waals surface area contributed by atoms with Crippen LogP contribution in [-0.4, -0.2) is 19.9 Å². The number of rotatable bonds is 2. The molecule has 0 saturated carbocycles. The Hall–Kier alpha value is -1.42. The maximum atomic E-state index is 9.36. The fourth-order valence-electron chi connectivity index (χ4n) is 2.02. The average molecular weight is 219 g/mol. The van der Waals surface area contributed by atoms with E-state index in [1.807, 2.05) is 20.0 Å². The van der Waals surface area contributed by atoms with Gasteiger partial charge in [0.25, 0.3) is 0 Å². The second-order valence-corrected chi connectivity index (χ2v) is 4.43. The molecule has 0 aromatic carbocycles. The molecule has 0 spiro atoms. The van der Waals surface area contributed by atoms with Crippen molar-refractivity contribution in [3.05, 3.63) is 23.0 Å². The molecule has 0 aliphatic heterocycles. The molecule has 0 unspecified atom stereocenters. The van der Waals surface area contributed by atoms with Crippen molar-refractivity contribution in [3.8, 4) is 0 Å². The number of aliphatic hydroxyl groups excluding tert-OH is 1. The molecular weight excluding hydrogens is 202 g/mol. The Bertz CT molecular complexity index is 529. The van der Waals surface area contributed by atoms with E-state index in [4.69, 9.17) is 0 Å². The van der Waals surface area contributed by atoms with E-state index in [9.17, 15) is 5.11 Å². The number of aromatic nitrogens is 3. The Morgan fingerprint density at radius 2 is 2.12 bits per heavy atom. The summed E-state index contributed by atoms with van der Waals surface area (Å²) in [5.74, 6) is 0.307. The van der Waals surface area contributed by atoms with Gasteiger partial charge in [0.1, 0.15) is 0 Å². The predicted octanol–water partition coefficient (Wildman–Crippen LogP) is 1.89. The van der Waals surface area contributed by atoms with Gasteiger partial charge in [-0.1, -0.05) is 13.8 Å². The molecule has 0 amide bonds. The molecule has 0 bridgehead atoms. The van der Waals surface area contributed by atoms with Gasteiger partial charge in [-0.25, -0.2) is 4.98 Å². The van der Waals surface area contributed by atoms with Crippen LogP contribution in [0.2, 0.25) is 0 Å². The van der Waals surface area contributed by atoms with E-state index >= 15 is 0 Å². The van der Waals surface area contributed by atoms with Crippen LogP contribution in [0.3, 0.4) is 0 Å². The molecule has 0 aliphatic rings. The smallest absolute Gasteiger partial charge is 0.158 e. The zero-order valence-corrected chi connectivity index (χ0v) is 10.2. The molecule has 1 N–H and O–H groups in total. The molecule has 0 atom stereocenters. The Kier molecular flexibility index (Phi) is 2.68. The second-order valence-electron chi connectivity index (χ2n) is 4.43. The van der Waals surface area contributed by atoms with Crippen molar-refractivity contribution in [3.63, 3.8) is 0 Å². The highest BCUT2D eigenvalue weighted by Crippen LogP contribution is 2.24. The number of nitrogens with zero attached hydrogens (tertiary/aromatic N) is 3. The quantitative estimate of drug-likeness (QED) is 0.839. The van der Waals surface area contributed by atoms with Gasteiger partial charge in [-0.05, 0) is 18.9 Å². The lowest BCUT2D eigenvalue weighted by Gasteiger charge is -2.10. The first kappa shape index (κ1) is 11.1. The SMILES string of the molecule is Cc1nn(C)c2nc(C(C)C)c(CO)cc12. The van der Waals surface area contributed by atoms with Gasteiger partial charge in [-0.3, -0.25) is 4.68 Å². The van der Waals surface area contributed by atoms with Crippen molar-refractivity contribution >= 4 is 11.0 Å². The van der Waals surface area contributed by atoms with Crippen molar-refractivity contribution in [2.24, 2.45) is 7.05 Å². The van der Waals surface area contributed by atoms with Gasteiger partial charge >= 0.3 is 0 Å². The summed E-state index contributed by atoms with van der Waals surface area (Å²) in [5, 5.41) is 14.7. The van der Waals surface area contributed by atoms with Crippen LogP contribution in [0.15, 0.2) is 6.07 Å². The fourth-order valence-corrected chi connectivity index (χ4v) is 2.02. The summed E-state index contributed by atoms with van der Waals surface area (Å²) in [4.78, 5) is 4.61. The van der Waals surface area contributed by atoms with Crippen LogP contribution in [0.5, 0.6) is 0 Å². The molecule has 0 aliphatic carbocycles. The van der Waals surface area contributed by atoms with Crippen molar-refractivity contribution < 1.29 is 5.11 Å². The maximum absolute atomic E-state index is 9.36. The van der Waals surface area contributed by atoms with Crippen LogP contribution in [-0.2, 0) is 13.7 Å². The Morgan fingerprint density at radius 3 is 2.69 bits per heavy atom. The largest absolute Gasteiger partial charge is 0.392 e. The van der Waals surface area contributed by atoms with Gasteiger partial charge in [-0.2, -0.15) is 5.10 Å². The number of hydrogen-bond acceptors (Lipinski definition) is 3. The molecule has 2 aromatic rings. The molecule has 86 valence electrons. The average Bonchev–Trinajstić information content (AvgIpc) is 2.52. The highest BCUT2D eigenvalue weighted by atomic mass is 16.3. The molecule has 4 nitrogen and oxygen atoms in total. The molecule has 0 saturated heterocycles. The topological polar surface area (TPSA) is 50.9 Å². The zero-order valence-electron chi connectivity index (χ0n) is 10.2. The number of aliphatic hydroxyl groups is 1. The normalized spacial score (nSPS) is 11.6. The summed E-state index contributed by atoms with van der Waals surface area (Å²) in [6, 6.07) is 2.00. The Labute approximate surface area is 94.9 Å². The lowest BCUT2D eigenvalue weighted by Crippen LogP contribution is -2.02. The summed E-state index contributed by atoms with van der Waals surface area (Å²) in [5.41, 5.74) is 3.70. The minimum Gasteiger partial charge on any atom is -0.392 e. The van der Waals surface area contributed by atoms with Crippen LogP contribution in [0.25, 0.3) is 11.0 Å². The van der Waals surface area contributed by atoms with Crippen LogP contribution < -0.4 is 0 Å². The van der Waals surface area contributed by atoms with E-state index in [1.54, 1.807) is 4.68 Å². The van der Waals surface area contributed by atoms with Gasteiger partial charge in [-0.15, -0.1) is 0 Å². The number of fused-ring (bicyclic) bond motifs is 1. The van der Waals surface area contributed by atoms with E-state index in [1.165, 1.54) is 0 Å². The molecule has 0 radical (unpaired) electrons. The predicted molar refractivity (Wildman–Crippen MR) is 63.3 cm³/mol. The summed E-state index contributed by atoms with van der Waals surface area (Å²) in [6.45, 7) is 6.15. The van der Waals surface area contributed by atoms with Crippen molar-refractivity contribution in [1.82, 2.24) is 14.8 Å². The second kappa shape index (κ2) is 3.87. The third kappa shape index (κ3) is 1.59. The highest BCUT2D eigenvalue weighted by molar-refractivity contribution is 5.79. The molecule has 2 heterocycles. The Morgan fingerprint density at radius 1 is 1.44 bits per heavy atom. The fraction of sp³-hybridized carbons (Fsp3) is 0.500. The first-order chi connectivity index (χ1) is 7.54. The maximum Gasteiger partial charge on any atom is 0.158 e. The minimum atomic E-state index is 0.0325. The van der Waals surface area contributed by atoms with Crippen LogP contribution in [0.1, 0.15) is 36.7 Å². The zero-order chi connectivity index (χ0) is 11.9. The van der Waals surface area contributed by atoms with Gasteiger partial charge in [0.15, 0.2) is 5.65 Å². The first-order valence-corrected chi connectivity index (χ1v) is 5.48.